The lowest BCUT2D eigenvalue weighted by molar-refractivity contribution is 0.0955. The number of rotatable bonds is 9. The number of thiazole rings is 1. The van der Waals surface area contributed by atoms with Crippen molar-refractivity contribution < 1.29 is 9.53 Å². The van der Waals surface area contributed by atoms with Gasteiger partial charge in [-0.1, -0.05) is 51.8 Å². The Hall–Kier alpha value is -2.77. The molecule has 5 rings (SSSR count). The second-order valence-electron chi connectivity index (χ2n) is 8.68. The van der Waals surface area contributed by atoms with Crippen molar-refractivity contribution in [3.05, 3.63) is 125 Å². The number of ether oxygens (including phenoxy) is 1. The molecule has 6 nitrogen and oxygen atoms in total. The average Bonchev–Trinajstić information content (AvgIpc) is 3.43. The summed E-state index contributed by atoms with van der Waals surface area (Å²) in [6.07, 6.45) is 1.60. The molecule has 11 heteroatoms. The van der Waals surface area contributed by atoms with Gasteiger partial charge in [0.25, 0.3) is 5.91 Å². The second-order valence-corrected chi connectivity index (χ2v) is 12.9. The highest BCUT2D eigenvalue weighted by atomic mass is 127. The SMILES string of the molecule is O=C(N/N=C\c1cc(Br)c(OCc2ccc(Br)cc2)c(I)c1)c1ccc(-c2csc(Nc3ccc(Cl)cc3)n2)cc1. The van der Waals surface area contributed by atoms with Crippen LogP contribution in [0, 0.1) is 3.57 Å². The maximum absolute atomic E-state index is 12.7. The Morgan fingerprint density at radius 1 is 1.02 bits per heavy atom. The van der Waals surface area contributed by atoms with Crippen LogP contribution in [0.2, 0.25) is 5.02 Å². The molecule has 1 amide bonds. The van der Waals surface area contributed by atoms with E-state index < -0.39 is 0 Å². The number of nitrogens with one attached hydrogen (secondary N) is 2. The average molecular weight is 823 g/mol. The first-order valence-corrected chi connectivity index (χ1v) is 16.0. The summed E-state index contributed by atoms with van der Waals surface area (Å²) in [6, 6.07) is 26.5. The van der Waals surface area contributed by atoms with E-state index in [9.17, 15) is 4.79 Å². The van der Waals surface area contributed by atoms with Crippen LogP contribution in [0.4, 0.5) is 10.8 Å². The van der Waals surface area contributed by atoms with E-state index in [-0.39, 0.29) is 5.91 Å². The molecular weight excluding hydrogens is 803 g/mol. The smallest absolute Gasteiger partial charge is 0.271 e. The highest BCUT2D eigenvalue weighted by molar-refractivity contribution is 14.1. The predicted octanol–water partition coefficient (Wildman–Crippen LogP) is 9.68. The van der Waals surface area contributed by atoms with Gasteiger partial charge < -0.3 is 10.1 Å². The number of halogens is 4. The number of aromatic nitrogens is 1. The molecule has 0 aliphatic rings. The molecule has 0 saturated carbocycles. The Labute approximate surface area is 276 Å². The highest BCUT2D eigenvalue weighted by Crippen LogP contribution is 2.32. The maximum Gasteiger partial charge on any atom is 0.271 e. The molecule has 0 aliphatic heterocycles. The largest absolute Gasteiger partial charge is 0.487 e. The van der Waals surface area contributed by atoms with Gasteiger partial charge in [0, 0.05) is 31.7 Å². The van der Waals surface area contributed by atoms with Crippen LogP contribution in [0.25, 0.3) is 11.3 Å². The third kappa shape index (κ3) is 8.16. The van der Waals surface area contributed by atoms with Crippen molar-refractivity contribution in [2.75, 3.05) is 5.32 Å². The Morgan fingerprint density at radius 2 is 1.76 bits per heavy atom. The van der Waals surface area contributed by atoms with Crippen molar-refractivity contribution in [2.24, 2.45) is 5.10 Å². The molecule has 0 saturated heterocycles. The Kier molecular flexibility index (Phi) is 10.1. The fraction of sp³-hybridized carbons (Fsp3) is 0.0333. The number of hydrazone groups is 1. The molecule has 0 spiro atoms. The van der Waals surface area contributed by atoms with Crippen LogP contribution < -0.4 is 15.5 Å². The van der Waals surface area contributed by atoms with Gasteiger partial charge in [0.05, 0.1) is 20.0 Å². The lowest BCUT2D eigenvalue weighted by Crippen LogP contribution is -2.17. The van der Waals surface area contributed by atoms with Crippen LogP contribution in [0.15, 0.2) is 104 Å². The lowest BCUT2D eigenvalue weighted by atomic mass is 10.1. The molecule has 4 aromatic carbocycles. The van der Waals surface area contributed by atoms with E-state index in [2.05, 4.69) is 75.3 Å². The van der Waals surface area contributed by atoms with E-state index in [4.69, 9.17) is 16.3 Å². The van der Waals surface area contributed by atoms with Gasteiger partial charge in [-0.15, -0.1) is 11.3 Å². The summed E-state index contributed by atoms with van der Waals surface area (Å²) in [5, 5.41) is 10.8. The zero-order valence-electron chi connectivity index (χ0n) is 21.1. The number of benzene rings is 4. The molecule has 0 aliphatic carbocycles. The van der Waals surface area contributed by atoms with Crippen LogP contribution >= 0.6 is 77.4 Å². The van der Waals surface area contributed by atoms with Gasteiger partial charge in [-0.25, -0.2) is 10.4 Å². The molecule has 41 heavy (non-hydrogen) atoms. The first-order chi connectivity index (χ1) is 19.8. The summed E-state index contributed by atoms with van der Waals surface area (Å²) in [5.74, 6) is 0.446. The monoisotopic (exact) mass is 820 g/mol. The molecule has 1 aromatic heterocycles. The number of carbonyl (C=O) groups is 1. The van der Waals surface area contributed by atoms with Crippen molar-refractivity contribution in [1.29, 1.82) is 0 Å². The van der Waals surface area contributed by atoms with Gasteiger partial charge in [0.1, 0.15) is 12.4 Å². The fourth-order valence-corrected chi connectivity index (χ4v) is 6.57. The molecule has 5 aromatic rings. The molecule has 206 valence electrons. The second kappa shape index (κ2) is 13.9. The quantitative estimate of drug-likeness (QED) is 0.0883. The summed E-state index contributed by atoms with van der Waals surface area (Å²) in [5.41, 5.74) is 7.61. The zero-order chi connectivity index (χ0) is 28.8. The molecule has 0 unspecified atom stereocenters. The summed E-state index contributed by atoms with van der Waals surface area (Å²) >= 11 is 16.7. The van der Waals surface area contributed by atoms with Gasteiger partial charge in [-0.05, 0) is 110 Å². The minimum absolute atomic E-state index is 0.306. The summed E-state index contributed by atoms with van der Waals surface area (Å²) in [6.45, 7) is 0.452. The highest BCUT2D eigenvalue weighted by Gasteiger charge is 2.11. The molecule has 2 N–H and O–H groups in total. The van der Waals surface area contributed by atoms with Gasteiger partial charge in [-0.3, -0.25) is 4.79 Å². The van der Waals surface area contributed by atoms with Crippen LogP contribution in [0.3, 0.4) is 0 Å². The van der Waals surface area contributed by atoms with Crippen LogP contribution in [-0.2, 0) is 6.61 Å². The van der Waals surface area contributed by atoms with E-state index >= 15 is 0 Å². The minimum Gasteiger partial charge on any atom is -0.487 e. The van der Waals surface area contributed by atoms with Crippen molar-refractivity contribution in [3.63, 3.8) is 0 Å². The minimum atomic E-state index is -0.306. The van der Waals surface area contributed by atoms with E-state index in [1.807, 2.05) is 78.2 Å². The fourth-order valence-electron chi connectivity index (χ4n) is 3.67. The third-order valence-electron chi connectivity index (χ3n) is 5.74. The number of amides is 1. The van der Waals surface area contributed by atoms with Crippen LogP contribution in [0.1, 0.15) is 21.5 Å². The number of carbonyl (C=O) groups excluding carboxylic acids is 1. The van der Waals surface area contributed by atoms with Crippen LogP contribution in [0.5, 0.6) is 5.75 Å². The third-order valence-corrected chi connectivity index (χ3v) is 8.67. The first-order valence-electron chi connectivity index (χ1n) is 12.1. The van der Waals surface area contributed by atoms with E-state index in [0.717, 1.165) is 51.5 Å². The number of nitrogens with zero attached hydrogens (tertiary/aromatic N) is 2. The first kappa shape index (κ1) is 29.7. The zero-order valence-corrected chi connectivity index (χ0v) is 28.0. The van der Waals surface area contributed by atoms with Gasteiger partial charge >= 0.3 is 0 Å². The van der Waals surface area contributed by atoms with E-state index in [0.29, 0.717) is 17.2 Å². The molecule has 0 radical (unpaired) electrons. The van der Waals surface area contributed by atoms with Crippen molar-refractivity contribution >= 4 is 100 Å². The number of hydrogen-bond donors (Lipinski definition) is 2. The molecule has 1 heterocycles. The molecule has 0 bridgehead atoms. The molecule has 0 fully saturated rings. The summed E-state index contributed by atoms with van der Waals surface area (Å²) in [7, 11) is 0. The van der Waals surface area contributed by atoms with Gasteiger partial charge in [0.15, 0.2) is 5.13 Å². The van der Waals surface area contributed by atoms with E-state index in [1.54, 1.807) is 18.3 Å². The Bertz CT molecular complexity index is 1670. The summed E-state index contributed by atoms with van der Waals surface area (Å²) < 4.78 is 8.78. The normalized spacial score (nSPS) is 11.0. The van der Waals surface area contributed by atoms with Crippen molar-refractivity contribution in [3.8, 4) is 17.0 Å². The van der Waals surface area contributed by atoms with Crippen LogP contribution in [-0.4, -0.2) is 17.1 Å². The number of anilines is 2. The standard InChI is InChI=1S/C30H20Br2ClIN4O2S/c31-22-7-1-18(2-8-22)16-40-28-25(32)13-19(14-26(28)34)15-35-38-29(39)21-5-3-20(4-6-21)27-17-41-30(37-27)36-24-11-9-23(33)10-12-24/h1-15,17H,16H2,(H,36,37)(H,38,39)/b35-15-. The maximum atomic E-state index is 12.7. The summed E-state index contributed by atoms with van der Waals surface area (Å²) in [4.78, 5) is 17.3. The van der Waals surface area contributed by atoms with Gasteiger partial charge in [-0.2, -0.15) is 5.10 Å². The predicted molar refractivity (Wildman–Crippen MR) is 183 cm³/mol. The lowest BCUT2D eigenvalue weighted by Gasteiger charge is -2.11. The van der Waals surface area contributed by atoms with Gasteiger partial charge in [0.2, 0.25) is 0 Å². The van der Waals surface area contributed by atoms with E-state index in [1.165, 1.54) is 11.3 Å². The molecular formula is C30H20Br2ClIN4O2S. The van der Waals surface area contributed by atoms with Crippen molar-refractivity contribution in [1.82, 2.24) is 10.4 Å². The number of hydrogen-bond acceptors (Lipinski definition) is 6. The Morgan fingerprint density at radius 3 is 2.46 bits per heavy atom. The van der Waals surface area contributed by atoms with Crippen molar-refractivity contribution in [2.45, 2.75) is 6.61 Å². The Balaban J connectivity index is 1.16. The molecule has 0 atom stereocenters. The topological polar surface area (TPSA) is 75.6 Å².